The van der Waals surface area contributed by atoms with E-state index in [1.165, 1.54) is 12.1 Å². The van der Waals surface area contributed by atoms with Gasteiger partial charge in [-0.15, -0.1) is 0 Å². The van der Waals surface area contributed by atoms with Crippen LogP contribution in [-0.4, -0.2) is 37.6 Å². The minimum atomic E-state index is -0.533. The number of nitro benzene ring substituents is 1. The van der Waals surface area contributed by atoms with Crippen LogP contribution >= 0.6 is 0 Å². The third kappa shape index (κ3) is 4.05. The Bertz CT molecular complexity index is 565. The van der Waals surface area contributed by atoms with Gasteiger partial charge in [0, 0.05) is 19.2 Å². The van der Waals surface area contributed by atoms with Crippen molar-refractivity contribution in [1.82, 2.24) is 10.6 Å². The molecule has 126 valence electrons. The molecule has 0 aliphatic carbocycles. The predicted molar refractivity (Wildman–Crippen MR) is 86.1 cm³/mol. The van der Waals surface area contributed by atoms with E-state index in [1.807, 2.05) is 6.92 Å². The fraction of sp³-hybridized carbons (Fsp3) is 0.562. The van der Waals surface area contributed by atoms with Crippen molar-refractivity contribution in [1.29, 1.82) is 0 Å². The summed E-state index contributed by atoms with van der Waals surface area (Å²) < 4.78 is 5.27. The summed E-state index contributed by atoms with van der Waals surface area (Å²) in [6.07, 6.45) is 1.43. The number of carbonyl (C=O) groups is 1. The number of hydrogen-bond donors (Lipinski definition) is 2. The summed E-state index contributed by atoms with van der Waals surface area (Å²) in [5.74, 6) is -0.0557. The Balaban J connectivity index is 2.11. The molecule has 1 aliphatic rings. The number of amides is 1. The summed E-state index contributed by atoms with van der Waals surface area (Å²) >= 11 is 0. The molecule has 0 saturated carbocycles. The summed E-state index contributed by atoms with van der Waals surface area (Å²) in [6, 6.07) is 6.05. The number of nitrogens with zero attached hydrogens (tertiary/aromatic N) is 1. The molecule has 1 atom stereocenters. The minimum Gasteiger partial charge on any atom is -0.384 e. The molecule has 7 heteroatoms. The van der Waals surface area contributed by atoms with Gasteiger partial charge >= 0.3 is 0 Å². The van der Waals surface area contributed by atoms with Crippen molar-refractivity contribution in [3.05, 3.63) is 39.9 Å². The number of nitrogens with one attached hydrogen (secondary N) is 2. The van der Waals surface area contributed by atoms with Crippen LogP contribution in [0.2, 0.25) is 0 Å². The Kier molecular flexibility index (Phi) is 5.68. The molecule has 0 radical (unpaired) electrons. The number of ether oxygens (including phenoxy) is 1. The molecule has 23 heavy (non-hydrogen) atoms. The van der Waals surface area contributed by atoms with Gasteiger partial charge in [0.2, 0.25) is 5.91 Å². The molecule has 1 saturated heterocycles. The van der Waals surface area contributed by atoms with Crippen molar-refractivity contribution in [2.24, 2.45) is 5.41 Å². The summed E-state index contributed by atoms with van der Waals surface area (Å²) in [5, 5.41) is 17.1. The Labute approximate surface area is 135 Å². The van der Waals surface area contributed by atoms with Gasteiger partial charge in [0.05, 0.1) is 23.0 Å². The topological polar surface area (TPSA) is 93.5 Å². The van der Waals surface area contributed by atoms with Crippen molar-refractivity contribution >= 4 is 11.6 Å². The lowest BCUT2D eigenvalue weighted by Gasteiger charge is -2.36. The van der Waals surface area contributed by atoms with E-state index in [-0.39, 0.29) is 17.6 Å². The SMILES string of the molecule is COCC1(C(=O)NC(C)c2cccc([N+](=O)[O-])c2)CCNCC1. The van der Waals surface area contributed by atoms with E-state index in [9.17, 15) is 14.9 Å². The number of benzene rings is 1. The van der Waals surface area contributed by atoms with E-state index < -0.39 is 10.3 Å². The zero-order chi connectivity index (χ0) is 16.9. The first-order chi connectivity index (χ1) is 11.0. The van der Waals surface area contributed by atoms with Crippen molar-refractivity contribution < 1.29 is 14.5 Å². The van der Waals surface area contributed by atoms with Gasteiger partial charge in [0.15, 0.2) is 0 Å². The van der Waals surface area contributed by atoms with Crippen LogP contribution in [0.3, 0.4) is 0 Å². The van der Waals surface area contributed by atoms with Crippen LogP contribution in [0.4, 0.5) is 5.69 Å². The van der Waals surface area contributed by atoms with Crippen molar-refractivity contribution in [3.63, 3.8) is 0 Å². The molecule has 1 heterocycles. The molecule has 1 amide bonds. The normalized spacial score (nSPS) is 18.2. The first kappa shape index (κ1) is 17.4. The summed E-state index contributed by atoms with van der Waals surface area (Å²) in [5.41, 5.74) is 0.209. The molecule has 7 nitrogen and oxygen atoms in total. The van der Waals surface area contributed by atoms with Gasteiger partial charge < -0.3 is 15.4 Å². The number of hydrogen-bond acceptors (Lipinski definition) is 5. The van der Waals surface area contributed by atoms with Gasteiger partial charge in [-0.3, -0.25) is 14.9 Å². The number of nitro groups is 1. The zero-order valence-electron chi connectivity index (χ0n) is 13.5. The first-order valence-electron chi connectivity index (χ1n) is 7.73. The Morgan fingerprint density at radius 1 is 1.48 bits per heavy atom. The maximum absolute atomic E-state index is 12.8. The molecule has 2 N–H and O–H groups in total. The standard InChI is InChI=1S/C16H23N3O4/c1-12(13-4-3-5-14(10-13)19(21)22)18-15(20)16(11-23-2)6-8-17-9-7-16/h3-5,10,12,17H,6-9,11H2,1-2H3,(H,18,20). The van der Waals surface area contributed by atoms with Crippen LogP contribution in [0.5, 0.6) is 0 Å². The summed E-state index contributed by atoms with van der Waals surface area (Å²) in [4.78, 5) is 23.2. The molecular weight excluding hydrogens is 298 g/mol. The van der Waals surface area contributed by atoms with E-state index in [4.69, 9.17) is 4.74 Å². The molecule has 0 spiro atoms. The second kappa shape index (κ2) is 7.52. The van der Waals surface area contributed by atoms with Crippen LogP contribution in [0.25, 0.3) is 0 Å². The lowest BCUT2D eigenvalue weighted by molar-refractivity contribution is -0.384. The largest absolute Gasteiger partial charge is 0.384 e. The van der Waals surface area contributed by atoms with Crippen LogP contribution in [0, 0.1) is 15.5 Å². The van der Waals surface area contributed by atoms with Crippen molar-refractivity contribution in [2.75, 3.05) is 26.8 Å². The van der Waals surface area contributed by atoms with Crippen molar-refractivity contribution in [2.45, 2.75) is 25.8 Å². The number of methoxy groups -OCH3 is 1. The van der Waals surface area contributed by atoms with Gasteiger partial charge in [0.1, 0.15) is 0 Å². The third-order valence-corrected chi connectivity index (χ3v) is 4.39. The average molecular weight is 321 g/mol. The highest BCUT2D eigenvalue weighted by atomic mass is 16.6. The number of carbonyl (C=O) groups excluding carboxylic acids is 1. The maximum atomic E-state index is 12.8. The molecule has 1 unspecified atom stereocenters. The zero-order valence-corrected chi connectivity index (χ0v) is 13.5. The van der Waals surface area contributed by atoms with Gasteiger partial charge in [-0.1, -0.05) is 12.1 Å². The molecule has 1 aromatic carbocycles. The highest BCUT2D eigenvalue weighted by molar-refractivity contribution is 5.83. The second-order valence-corrected chi connectivity index (χ2v) is 6.01. The molecule has 0 bridgehead atoms. The summed E-state index contributed by atoms with van der Waals surface area (Å²) in [6.45, 7) is 3.77. The fourth-order valence-electron chi connectivity index (χ4n) is 2.96. The lowest BCUT2D eigenvalue weighted by atomic mass is 9.78. The molecule has 1 fully saturated rings. The fourth-order valence-corrected chi connectivity index (χ4v) is 2.96. The number of non-ortho nitro benzene ring substituents is 1. The van der Waals surface area contributed by atoms with E-state index >= 15 is 0 Å². The van der Waals surface area contributed by atoms with Gasteiger partial charge in [-0.2, -0.15) is 0 Å². The molecule has 0 aromatic heterocycles. The highest BCUT2D eigenvalue weighted by Gasteiger charge is 2.40. The van der Waals surface area contributed by atoms with Crippen LogP contribution in [0.1, 0.15) is 31.4 Å². The van der Waals surface area contributed by atoms with Crippen molar-refractivity contribution in [3.8, 4) is 0 Å². The molecule has 1 aromatic rings. The monoisotopic (exact) mass is 321 g/mol. The van der Waals surface area contributed by atoms with Gasteiger partial charge in [-0.05, 0) is 38.4 Å². The maximum Gasteiger partial charge on any atom is 0.269 e. The van der Waals surface area contributed by atoms with Gasteiger partial charge in [-0.25, -0.2) is 0 Å². The minimum absolute atomic E-state index is 0.0251. The Hall–Kier alpha value is -1.99. The second-order valence-electron chi connectivity index (χ2n) is 6.01. The molecule has 1 aliphatic heterocycles. The number of piperidine rings is 1. The van der Waals surface area contributed by atoms with Crippen LogP contribution in [-0.2, 0) is 9.53 Å². The quantitative estimate of drug-likeness (QED) is 0.615. The van der Waals surface area contributed by atoms with E-state index in [0.29, 0.717) is 25.0 Å². The Morgan fingerprint density at radius 2 is 2.17 bits per heavy atom. The Morgan fingerprint density at radius 3 is 2.78 bits per heavy atom. The van der Waals surface area contributed by atoms with E-state index in [0.717, 1.165) is 13.1 Å². The lowest BCUT2D eigenvalue weighted by Crippen LogP contribution is -2.50. The average Bonchev–Trinajstić information content (AvgIpc) is 2.56. The first-order valence-corrected chi connectivity index (χ1v) is 7.73. The van der Waals surface area contributed by atoms with Crippen LogP contribution < -0.4 is 10.6 Å². The van der Waals surface area contributed by atoms with E-state index in [1.54, 1.807) is 19.2 Å². The smallest absolute Gasteiger partial charge is 0.269 e. The highest BCUT2D eigenvalue weighted by Crippen LogP contribution is 2.30. The molecular formula is C16H23N3O4. The molecule has 2 rings (SSSR count). The predicted octanol–water partition coefficient (Wildman–Crippen LogP) is 1.79. The summed E-state index contributed by atoms with van der Waals surface area (Å²) in [7, 11) is 1.60. The van der Waals surface area contributed by atoms with Gasteiger partial charge in [0.25, 0.3) is 5.69 Å². The van der Waals surface area contributed by atoms with Crippen LogP contribution in [0.15, 0.2) is 24.3 Å². The van der Waals surface area contributed by atoms with E-state index in [2.05, 4.69) is 10.6 Å². The number of rotatable bonds is 6. The third-order valence-electron chi connectivity index (χ3n) is 4.39.